The zero-order chi connectivity index (χ0) is 22.9. The Morgan fingerprint density at radius 3 is 2.73 bits per heavy atom. The molecule has 2 amide bonds. The minimum Gasteiger partial charge on any atom is -0.482 e. The molecule has 5 rings (SSSR count). The summed E-state index contributed by atoms with van der Waals surface area (Å²) in [5.74, 6) is 0.266. The van der Waals surface area contributed by atoms with Crippen LogP contribution < -0.4 is 15.4 Å². The molecule has 7 heteroatoms. The monoisotopic (exact) mass is 438 g/mol. The van der Waals surface area contributed by atoms with Crippen LogP contribution in [0.4, 0.5) is 11.4 Å². The second-order valence-corrected chi connectivity index (χ2v) is 7.95. The van der Waals surface area contributed by atoms with Crippen LogP contribution in [0.25, 0.3) is 22.5 Å². The molecule has 0 saturated carbocycles. The van der Waals surface area contributed by atoms with Crippen molar-refractivity contribution in [2.24, 2.45) is 7.05 Å². The van der Waals surface area contributed by atoms with E-state index >= 15 is 0 Å². The smallest absolute Gasteiger partial charge is 0.262 e. The van der Waals surface area contributed by atoms with E-state index in [4.69, 9.17) is 4.74 Å². The summed E-state index contributed by atoms with van der Waals surface area (Å²) in [5, 5.41) is 5.74. The van der Waals surface area contributed by atoms with Gasteiger partial charge in [-0.05, 0) is 48.9 Å². The number of nitrogens with one attached hydrogen (secondary N) is 2. The summed E-state index contributed by atoms with van der Waals surface area (Å²) in [6.45, 7) is 1.99. The van der Waals surface area contributed by atoms with Gasteiger partial charge in [-0.25, -0.2) is 4.98 Å². The number of carbonyl (C=O) groups excluding carboxylic acids is 2. The van der Waals surface area contributed by atoms with Gasteiger partial charge in [-0.15, -0.1) is 0 Å². The number of nitrogens with zero attached hydrogens (tertiary/aromatic N) is 2. The number of ether oxygens (including phenoxy) is 1. The van der Waals surface area contributed by atoms with Crippen LogP contribution in [0.15, 0.2) is 73.1 Å². The highest BCUT2D eigenvalue weighted by Crippen LogP contribution is 2.37. The highest BCUT2D eigenvalue weighted by molar-refractivity contribution is 6.05. The van der Waals surface area contributed by atoms with E-state index in [0.717, 1.165) is 33.8 Å². The van der Waals surface area contributed by atoms with Crippen molar-refractivity contribution in [3.05, 3.63) is 84.2 Å². The third kappa shape index (κ3) is 3.96. The third-order valence-electron chi connectivity index (χ3n) is 5.61. The number of carbonyl (C=O) groups is 2. The lowest BCUT2D eigenvalue weighted by Gasteiger charge is -2.19. The number of fused-ring (bicyclic) bond motifs is 1. The van der Waals surface area contributed by atoms with Gasteiger partial charge in [0, 0.05) is 29.4 Å². The van der Waals surface area contributed by atoms with Gasteiger partial charge in [0.15, 0.2) is 6.61 Å². The predicted octanol–water partition coefficient (Wildman–Crippen LogP) is 4.65. The second-order valence-electron chi connectivity index (χ2n) is 7.95. The van der Waals surface area contributed by atoms with Crippen LogP contribution in [0.1, 0.15) is 15.9 Å². The van der Waals surface area contributed by atoms with Gasteiger partial charge in [0.2, 0.25) is 0 Å². The van der Waals surface area contributed by atoms with E-state index < -0.39 is 0 Å². The highest BCUT2D eigenvalue weighted by atomic mass is 16.5. The molecule has 1 aliphatic rings. The lowest BCUT2D eigenvalue weighted by molar-refractivity contribution is -0.118. The van der Waals surface area contributed by atoms with E-state index in [9.17, 15) is 9.59 Å². The topological polar surface area (TPSA) is 85.2 Å². The fourth-order valence-electron chi connectivity index (χ4n) is 3.93. The maximum Gasteiger partial charge on any atom is 0.262 e. The molecule has 33 heavy (non-hydrogen) atoms. The van der Waals surface area contributed by atoms with Crippen LogP contribution in [0.5, 0.6) is 5.75 Å². The van der Waals surface area contributed by atoms with Gasteiger partial charge < -0.3 is 19.9 Å². The first kappa shape index (κ1) is 20.5. The lowest BCUT2D eigenvalue weighted by Crippen LogP contribution is -2.25. The Morgan fingerprint density at radius 2 is 1.91 bits per heavy atom. The molecule has 0 spiro atoms. The Bertz CT molecular complexity index is 1380. The summed E-state index contributed by atoms with van der Waals surface area (Å²) in [5.41, 5.74) is 6.38. The number of hydrogen-bond donors (Lipinski definition) is 2. The van der Waals surface area contributed by atoms with Crippen molar-refractivity contribution < 1.29 is 14.3 Å². The van der Waals surface area contributed by atoms with Crippen molar-refractivity contribution in [1.29, 1.82) is 0 Å². The minimum atomic E-state index is -0.183. The molecule has 164 valence electrons. The Balaban J connectivity index is 1.53. The maximum atomic E-state index is 12.9. The Morgan fingerprint density at radius 1 is 1.09 bits per heavy atom. The second kappa shape index (κ2) is 8.27. The summed E-state index contributed by atoms with van der Waals surface area (Å²) in [7, 11) is 1.93. The Kier molecular flexibility index (Phi) is 5.14. The minimum absolute atomic E-state index is 0.00756. The molecule has 1 aromatic heterocycles. The van der Waals surface area contributed by atoms with E-state index in [1.807, 2.05) is 85.3 Å². The molecule has 0 saturated heterocycles. The lowest BCUT2D eigenvalue weighted by atomic mass is 9.98. The molecule has 0 unspecified atom stereocenters. The number of hydrogen-bond acceptors (Lipinski definition) is 4. The fourth-order valence-corrected chi connectivity index (χ4v) is 3.93. The van der Waals surface area contributed by atoms with E-state index in [2.05, 4.69) is 15.6 Å². The van der Waals surface area contributed by atoms with Crippen molar-refractivity contribution >= 4 is 23.2 Å². The van der Waals surface area contributed by atoms with Crippen molar-refractivity contribution in [2.45, 2.75) is 6.92 Å². The van der Waals surface area contributed by atoms with Gasteiger partial charge in [0.1, 0.15) is 5.75 Å². The first-order chi connectivity index (χ1) is 16.0. The number of amides is 2. The van der Waals surface area contributed by atoms with E-state index in [0.29, 0.717) is 17.0 Å². The zero-order valence-electron chi connectivity index (χ0n) is 18.3. The number of anilines is 2. The number of para-hydroxylation sites is 1. The molecule has 1 aliphatic heterocycles. The van der Waals surface area contributed by atoms with E-state index in [1.54, 1.807) is 6.33 Å². The molecule has 2 N–H and O–H groups in total. The first-order valence-corrected chi connectivity index (χ1v) is 10.6. The Hall–Kier alpha value is -4.39. The van der Waals surface area contributed by atoms with Crippen LogP contribution in [-0.4, -0.2) is 28.0 Å². The number of imidazole rings is 1. The normalized spacial score (nSPS) is 12.5. The SMILES string of the molecule is Cc1ccc(C(=O)Nc2ccccc2)cc1-c1ncn(C)c1-c1ccc2c(c1)OCC(=O)N2. The quantitative estimate of drug-likeness (QED) is 0.486. The summed E-state index contributed by atoms with van der Waals surface area (Å²) in [6.07, 6.45) is 1.75. The molecule has 0 atom stereocenters. The van der Waals surface area contributed by atoms with Crippen molar-refractivity contribution in [1.82, 2.24) is 9.55 Å². The first-order valence-electron chi connectivity index (χ1n) is 10.6. The number of benzene rings is 3. The van der Waals surface area contributed by atoms with Crippen molar-refractivity contribution in [3.8, 4) is 28.3 Å². The molecular weight excluding hydrogens is 416 g/mol. The average Bonchev–Trinajstić information content (AvgIpc) is 3.20. The van der Waals surface area contributed by atoms with Gasteiger partial charge in [-0.1, -0.05) is 30.3 Å². The van der Waals surface area contributed by atoms with Crippen LogP contribution in [-0.2, 0) is 11.8 Å². The molecule has 0 fully saturated rings. The van der Waals surface area contributed by atoms with Gasteiger partial charge in [0.05, 0.1) is 23.4 Å². The zero-order valence-corrected chi connectivity index (χ0v) is 18.3. The predicted molar refractivity (Wildman–Crippen MR) is 127 cm³/mol. The summed E-state index contributed by atoms with van der Waals surface area (Å²) in [6, 6.07) is 20.6. The summed E-state index contributed by atoms with van der Waals surface area (Å²) >= 11 is 0. The summed E-state index contributed by atoms with van der Waals surface area (Å²) in [4.78, 5) is 29.1. The molecule has 0 radical (unpaired) electrons. The van der Waals surface area contributed by atoms with E-state index in [1.165, 1.54) is 0 Å². The van der Waals surface area contributed by atoms with E-state index in [-0.39, 0.29) is 18.4 Å². The van der Waals surface area contributed by atoms with Crippen molar-refractivity contribution in [2.75, 3.05) is 17.2 Å². The van der Waals surface area contributed by atoms with Crippen LogP contribution in [0, 0.1) is 6.92 Å². The van der Waals surface area contributed by atoms with Crippen LogP contribution in [0.2, 0.25) is 0 Å². The molecular formula is C26H22N4O3. The number of aromatic nitrogens is 2. The van der Waals surface area contributed by atoms with Crippen LogP contribution >= 0.6 is 0 Å². The molecule has 3 aromatic carbocycles. The van der Waals surface area contributed by atoms with Gasteiger partial charge in [-0.3, -0.25) is 9.59 Å². The van der Waals surface area contributed by atoms with Crippen LogP contribution in [0.3, 0.4) is 0 Å². The molecule has 2 heterocycles. The fraction of sp³-hybridized carbons (Fsp3) is 0.115. The van der Waals surface area contributed by atoms with Crippen molar-refractivity contribution in [3.63, 3.8) is 0 Å². The largest absolute Gasteiger partial charge is 0.482 e. The third-order valence-corrected chi connectivity index (χ3v) is 5.61. The Labute approximate surface area is 191 Å². The standard InChI is InChI=1S/C26H22N4O3/c1-16-8-9-18(26(32)28-19-6-4-3-5-7-19)12-20(16)24-25(30(2)15-27-24)17-10-11-21-22(13-17)33-14-23(31)29-21/h3-13,15H,14H2,1-2H3,(H,28,32)(H,29,31). The number of rotatable bonds is 4. The summed E-state index contributed by atoms with van der Waals surface area (Å²) < 4.78 is 7.54. The van der Waals surface area contributed by atoms with Gasteiger partial charge >= 0.3 is 0 Å². The average molecular weight is 438 g/mol. The maximum absolute atomic E-state index is 12.9. The molecule has 0 bridgehead atoms. The molecule has 4 aromatic rings. The number of aryl methyl sites for hydroxylation is 2. The molecule has 7 nitrogen and oxygen atoms in total. The highest BCUT2D eigenvalue weighted by Gasteiger charge is 2.21. The van der Waals surface area contributed by atoms with Gasteiger partial charge in [0.25, 0.3) is 11.8 Å². The van der Waals surface area contributed by atoms with Gasteiger partial charge in [-0.2, -0.15) is 0 Å². The molecule has 0 aliphatic carbocycles.